The van der Waals surface area contributed by atoms with Crippen LogP contribution in [-0.4, -0.2) is 42.1 Å². The Balaban J connectivity index is 1.82. The summed E-state index contributed by atoms with van der Waals surface area (Å²) in [5.41, 5.74) is 1.60. The van der Waals surface area contributed by atoms with Crippen LogP contribution in [-0.2, 0) is 6.42 Å². The Morgan fingerprint density at radius 1 is 1.28 bits per heavy atom. The standard InChI is InChI=1S/C18H25FN4OS/c1-18(2,25-4)12-22-17(20-3)21-10-9-15-11-24-16(23-15)13-5-7-14(19)8-6-13/h5-8,11H,9-10,12H2,1-4H3,(H2,20,21,22). The molecule has 0 aliphatic rings. The molecule has 1 aromatic heterocycles. The molecule has 0 aliphatic heterocycles. The minimum Gasteiger partial charge on any atom is -0.444 e. The summed E-state index contributed by atoms with van der Waals surface area (Å²) in [6.07, 6.45) is 4.44. The lowest BCUT2D eigenvalue weighted by Crippen LogP contribution is -2.43. The van der Waals surface area contributed by atoms with E-state index >= 15 is 0 Å². The Kier molecular flexibility index (Phi) is 6.87. The summed E-state index contributed by atoms with van der Waals surface area (Å²) in [5, 5.41) is 6.59. The third-order valence-corrected chi connectivity index (χ3v) is 5.02. The Morgan fingerprint density at radius 3 is 2.64 bits per heavy atom. The van der Waals surface area contributed by atoms with Gasteiger partial charge in [0.25, 0.3) is 0 Å². The van der Waals surface area contributed by atoms with E-state index < -0.39 is 0 Å². The van der Waals surface area contributed by atoms with E-state index in [0.717, 1.165) is 23.8 Å². The van der Waals surface area contributed by atoms with Gasteiger partial charge in [-0.3, -0.25) is 4.99 Å². The third kappa shape index (κ3) is 6.08. The molecule has 0 fully saturated rings. The molecule has 0 radical (unpaired) electrons. The van der Waals surface area contributed by atoms with E-state index in [1.54, 1.807) is 25.4 Å². The quantitative estimate of drug-likeness (QED) is 0.583. The van der Waals surface area contributed by atoms with Crippen LogP contribution in [0.4, 0.5) is 4.39 Å². The van der Waals surface area contributed by atoms with Crippen LogP contribution >= 0.6 is 11.8 Å². The number of nitrogens with zero attached hydrogens (tertiary/aromatic N) is 2. The van der Waals surface area contributed by atoms with E-state index in [4.69, 9.17) is 4.42 Å². The lowest BCUT2D eigenvalue weighted by atomic mass is 10.2. The highest BCUT2D eigenvalue weighted by atomic mass is 32.2. The van der Waals surface area contributed by atoms with Crippen LogP contribution in [0.25, 0.3) is 11.5 Å². The summed E-state index contributed by atoms with van der Waals surface area (Å²) in [6.45, 7) is 5.88. The number of hydrogen-bond acceptors (Lipinski definition) is 4. The lowest BCUT2D eigenvalue weighted by Gasteiger charge is -2.23. The first-order valence-electron chi connectivity index (χ1n) is 8.13. The zero-order valence-electron chi connectivity index (χ0n) is 15.1. The smallest absolute Gasteiger partial charge is 0.226 e. The minimum absolute atomic E-state index is 0.147. The highest BCUT2D eigenvalue weighted by molar-refractivity contribution is 7.99. The van der Waals surface area contributed by atoms with Crippen LogP contribution in [0.1, 0.15) is 19.5 Å². The first-order valence-corrected chi connectivity index (χ1v) is 9.36. The maximum Gasteiger partial charge on any atom is 0.226 e. The van der Waals surface area contributed by atoms with Crippen molar-refractivity contribution in [1.29, 1.82) is 0 Å². The second-order valence-electron chi connectivity index (χ2n) is 6.22. The summed E-state index contributed by atoms with van der Waals surface area (Å²) >= 11 is 1.81. The second-order valence-corrected chi connectivity index (χ2v) is 7.73. The van der Waals surface area contributed by atoms with E-state index in [2.05, 4.69) is 40.7 Å². The molecule has 2 N–H and O–H groups in total. The molecule has 0 spiro atoms. The molecule has 0 saturated carbocycles. The molecule has 1 heterocycles. The molecule has 2 aromatic rings. The molecule has 7 heteroatoms. The van der Waals surface area contributed by atoms with Gasteiger partial charge >= 0.3 is 0 Å². The molecule has 0 atom stereocenters. The van der Waals surface area contributed by atoms with E-state index in [1.807, 2.05) is 11.8 Å². The van der Waals surface area contributed by atoms with E-state index in [0.29, 0.717) is 18.9 Å². The normalized spacial score (nSPS) is 12.3. The van der Waals surface area contributed by atoms with Gasteiger partial charge < -0.3 is 15.1 Å². The average Bonchev–Trinajstić information content (AvgIpc) is 3.07. The van der Waals surface area contributed by atoms with Gasteiger partial charge in [-0.25, -0.2) is 9.37 Å². The molecule has 0 aliphatic carbocycles. The Bertz CT molecular complexity index is 697. The summed E-state index contributed by atoms with van der Waals surface area (Å²) in [6, 6.07) is 6.10. The molecular formula is C18H25FN4OS. The summed E-state index contributed by atoms with van der Waals surface area (Å²) in [5.74, 6) is 0.992. The van der Waals surface area contributed by atoms with Crippen LogP contribution in [0, 0.1) is 5.82 Å². The highest BCUT2D eigenvalue weighted by Gasteiger charge is 2.16. The number of rotatable bonds is 7. The van der Waals surface area contributed by atoms with Gasteiger partial charge in [-0.2, -0.15) is 11.8 Å². The molecule has 0 saturated heterocycles. The predicted octanol–water partition coefficient (Wildman–Crippen LogP) is 3.33. The van der Waals surface area contributed by atoms with Gasteiger partial charge in [0.1, 0.15) is 12.1 Å². The fourth-order valence-electron chi connectivity index (χ4n) is 2.05. The number of oxazole rings is 1. The van der Waals surface area contributed by atoms with Gasteiger partial charge in [0.05, 0.1) is 5.69 Å². The van der Waals surface area contributed by atoms with Crippen molar-refractivity contribution in [2.24, 2.45) is 4.99 Å². The fraction of sp³-hybridized carbons (Fsp3) is 0.444. The number of guanidine groups is 1. The number of hydrogen-bond donors (Lipinski definition) is 2. The van der Waals surface area contributed by atoms with Crippen LogP contribution < -0.4 is 10.6 Å². The van der Waals surface area contributed by atoms with Gasteiger partial charge in [-0.05, 0) is 44.4 Å². The van der Waals surface area contributed by atoms with Gasteiger partial charge in [0.15, 0.2) is 5.96 Å². The Hall–Kier alpha value is -2.02. The van der Waals surface area contributed by atoms with Crippen molar-refractivity contribution < 1.29 is 8.81 Å². The number of aliphatic imine (C=N–C) groups is 1. The number of thioether (sulfide) groups is 1. The molecule has 0 amide bonds. The van der Waals surface area contributed by atoms with Gasteiger partial charge in [0, 0.05) is 36.9 Å². The van der Waals surface area contributed by atoms with E-state index in [9.17, 15) is 4.39 Å². The van der Waals surface area contributed by atoms with E-state index in [-0.39, 0.29) is 10.6 Å². The number of nitrogens with one attached hydrogen (secondary N) is 2. The maximum absolute atomic E-state index is 13.0. The minimum atomic E-state index is -0.275. The molecule has 0 bridgehead atoms. The summed E-state index contributed by atoms with van der Waals surface area (Å²) in [7, 11) is 1.75. The fourth-order valence-corrected chi connectivity index (χ4v) is 2.26. The predicted molar refractivity (Wildman–Crippen MR) is 103 cm³/mol. The van der Waals surface area contributed by atoms with Crippen LogP contribution in [0.3, 0.4) is 0 Å². The monoisotopic (exact) mass is 364 g/mol. The van der Waals surface area contributed by atoms with Crippen molar-refractivity contribution in [2.75, 3.05) is 26.4 Å². The first-order chi connectivity index (χ1) is 11.9. The average molecular weight is 364 g/mol. The van der Waals surface area contributed by atoms with Crippen LogP contribution in [0.2, 0.25) is 0 Å². The van der Waals surface area contributed by atoms with Crippen LogP contribution in [0.15, 0.2) is 39.9 Å². The molecule has 2 rings (SSSR count). The van der Waals surface area contributed by atoms with Crippen molar-refractivity contribution >= 4 is 17.7 Å². The molecule has 136 valence electrons. The zero-order valence-corrected chi connectivity index (χ0v) is 15.9. The Morgan fingerprint density at radius 2 is 2.00 bits per heavy atom. The topological polar surface area (TPSA) is 62.5 Å². The largest absolute Gasteiger partial charge is 0.444 e. The SMILES string of the molecule is CN=C(NCCc1coc(-c2ccc(F)cc2)n1)NCC(C)(C)SC. The number of benzene rings is 1. The second kappa shape index (κ2) is 8.89. The van der Waals surface area contributed by atoms with Crippen molar-refractivity contribution in [2.45, 2.75) is 25.0 Å². The van der Waals surface area contributed by atoms with Crippen molar-refractivity contribution in [3.8, 4) is 11.5 Å². The Labute approximate surface area is 152 Å². The van der Waals surface area contributed by atoms with Crippen molar-refractivity contribution in [3.63, 3.8) is 0 Å². The number of halogens is 1. The third-order valence-electron chi connectivity index (χ3n) is 3.77. The summed E-state index contributed by atoms with van der Waals surface area (Å²) in [4.78, 5) is 8.66. The van der Waals surface area contributed by atoms with Crippen molar-refractivity contribution in [1.82, 2.24) is 15.6 Å². The van der Waals surface area contributed by atoms with Gasteiger partial charge in [0.2, 0.25) is 5.89 Å². The molecule has 25 heavy (non-hydrogen) atoms. The molecular weight excluding hydrogens is 339 g/mol. The van der Waals surface area contributed by atoms with E-state index in [1.165, 1.54) is 12.1 Å². The number of aromatic nitrogens is 1. The van der Waals surface area contributed by atoms with Crippen molar-refractivity contribution in [3.05, 3.63) is 42.0 Å². The van der Waals surface area contributed by atoms with Gasteiger partial charge in [-0.1, -0.05) is 0 Å². The first kappa shape index (κ1) is 19.3. The zero-order chi connectivity index (χ0) is 18.3. The molecule has 0 unspecified atom stereocenters. The molecule has 1 aromatic carbocycles. The van der Waals surface area contributed by atoms with Crippen LogP contribution in [0.5, 0.6) is 0 Å². The maximum atomic E-state index is 13.0. The van der Waals surface area contributed by atoms with Gasteiger partial charge in [-0.15, -0.1) is 0 Å². The highest BCUT2D eigenvalue weighted by Crippen LogP contribution is 2.20. The molecule has 5 nitrogen and oxygen atoms in total. The lowest BCUT2D eigenvalue weighted by molar-refractivity contribution is 0.571. The summed E-state index contributed by atoms with van der Waals surface area (Å²) < 4.78 is 18.6.